The average molecular weight is 577 g/mol. The third kappa shape index (κ3) is 4.72. The topological polar surface area (TPSA) is 260 Å². The highest BCUT2D eigenvalue weighted by Crippen LogP contribution is 2.45. The number of aliphatic imine (C=N–C) groups is 1. The van der Waals surface area contributed by atoms with E-state index in [1.165, 1.54) is 35.4 Å². The Morgan fingerprint density at radius 1 is 1.23 bits per heavy atom. The number of aromatic hydroxyl groups is 1. The van der Waals surface area contributed by atoms with Crippen LogP contribution in [0.1, 0.15) is 12.1 Å². The second kappa shape index (κ2) is 9.77. The first-order valence-corrected chi connectivity index (χ1v) is 13.0. The number of ether oxygens (including phenoxy) is 2. The molecule has 0 radical (unpaired) electrons. The molecule has 1 fully saturated rings. The Bertz CT molecular complexity index is 1690. The van der Waals surface area contributed by atoms with Crippen molar-refractivity contribution in [3.05, 3.63) is 36.7 Å². The predicted octanol–water partition coefficient (Wildman–Crippen LogP) is -0.620. The molecule has 2 aliphatic heterocycles. The van der Waals surface area contributed by atoms with Crippen molar-refractivity contribution in [2.45, 2.75) is 30.6 Å². The van der Waals surface area contributed by atoms with Crippen molar-refractivity contribution < 1.29 is 52.5 Å². The SMILES string of the molecule is Nc1ncnc2c1ncn2[C@@H]1OC(COP(=O)(O)OC(=O)C2COC(c3nc4ccc(O)cc4o3)=N2)[C@@H](O)[C@H]1O. The molecule has 6 atom stereocenters. The van der Waals surface area contributed by atoms with Crippen LogP contribution in [0.2, 0.25) is 0 Å². The first-order chi connectivity index (χ1) is 19.1. The number of hydrogen-bond donors (Lipinski definition) is 5. The lowest BCUT2D eigenvalue weighted by Crippen LogP contribution is -2.33. The van der Waals surface area contributed by atoms with E-state index in [0.717, 1.165) is 0 Å². The van der Waals surface area contributed by atoms with Crippen LogP contribution in [0.5, 0.6) is 5.75 Å². The highest BCUT2D eigenvalue weighted by atomic mass is 31.2. The van der Waals surface area contributed by atoms with Gasteiger partial charge in [-0.05, 0) is 12.1 Å². The lowest BCUT2D eigenvalue weighted by Gasteiger charge is -2.17. The van der Waals surface area contributed by atoms with Gasteiger partial charge in [-0.15, -0.1) is 0 Å². The van der Waals surface area contributed by atoms with Crippen molar-refractivity contribution in [2.24, 2.45) is 4.99 Å². The summed E-state index contributed by atoms with van der Waals surface area (Å²) in [5.41, 5.74) is 6.89. The Balaban J connectivity index is 1.08. The molecule has 1 aromatic carbocycles. The number of nitrogens with two attached hydrogens (primary N) is 1. The van der Waals surface area contributed by atoms with Crippen molar-refractivity contribution in [2.75, 3.05) is 18.9 Å². The van der Waals surface area contributed by atoms with Gasteiger partial charge in [0.15, 0.2) is 29.3 Å². The summed E-state index contributed by atoms with van der Waals surface area (Å²) in [5.74, 6) is -1.40. The van der Waals surface area contributed by atoms with E-state index in [2.05, 4.69) is 29.5 Å². The molecule has 0 bridgehead atoms. The number of benzene rings is 1. The van der Waals surface area contributed by atoms with Crippen molar-refractivity contribution in [3.8, 4) is 5.75 Å². The van der Waals surface area contributed by atoms with E-state index in [0.29, 0.717) is 5.52 Å². The Kier molecular flexibility index (Phi) is 6.37. The standard InChI is InChI=1S/C21H20N7O11P/c22-16-13-17(24-6-23-16)28(7-25-13)20-15(31)14(30)12(38-20)5-36-40(33,34)39-21(32)10-4-35-18(27-10)19-26-9-2-1-8(29)3-11(9)37-19/h1-3,6-7,10,12,14-15,20,29-31H,4-5H2,(H,33,34)(H2,22,23,24)/t10?,12?,14-,15-,20-/m1/s1. The highest BCUT2D eigenvalue weighted by Gasteiger charge is 2.46. The molecule has 210 valence electrons. The zero-order valence-corrected chi connectivity index (χ0v) is 20.9. The van der Waals surface area contributed by atoms with Crippen molar-refractivity contribution in [1.82, 2.24) is 24.5 Å². The number of nitrogen functional groups attached to an aromatic ring is 1. The van der Waals surface area contributed by atoms with Gasteiger partial charge in [-0.25, -0.2) is 34.3 Å². The summed E-state index contributed by atoms with van der Waals surface area (Å²) in [7, 11) is -5.02. The van der Waals surface area contributed by atoms with E-state index in [-0.39, 0.29) is 46.7 Å². The molecule has 6 rings (SSSR count). The number of aromatic nitrogens is 5. The fourth-order valence-corrected chi connectivity index (χ4v) is 4.87. The number of rotatable bonds is 7. The number of fused-ring (bicyclic) bond motifs is 2. The number of phenols is 1. The molecule has 18 nitrogen and oxygen atoms in total. The zero-order valence-electron chi connectivity index (χ0n) is 20.0. The van der Waals surface area contributed by atoms with Crippen LogP contribution in [-0.2, 0) is 27.9 Å². The quantitative estimate of drug-likeness (QED) is 0.171. The second-order valence-electron chi connectivity index (χ2n) is 8.74. The lowest BCUT2D eigenvalue weighted by molar-refractivity contribution is -0.138. The lowest BCUT2D eigenvalue weighted by atomic mass is 10.1. The Labute approximate surface area is 222 Å². The molecule has 0 spiro atoms. The fraction of sp³-hybridized carbons (Fsp3) is 0.333. The predicted molar refractivity (Wildman–Crippen MR) is 129 cm³/mol. The monoisotopic (exact) mass is 577 g/mol. The number of imidazole rings is 1. The van der Waals surface area contributed by atoms with Gasteiger partial charge in [0.1, 0.15) is 48.0 Å². The summed E-state index contributed by atoms with van der Waals surface area (Å²) >= 11 is 0. The van der Waals surface area contributed by atoms with E-state index in [1.54, 1.807) is 0 Å². The smallest absolute Gasteiger partial charge is 0.508 e. The van der Waals surface area contributed by atoms with Crippen LogP contribution < -0.4 is 5.73 Å². The number of carbonyl (C=O) groups excluding carboxylic acids is 1. The van der Waals surface area contributed by atoms with Gasteiger partial charge in [0.25, 0.3) is 11.8 Å². The number of carbonyl (C=O) groups is 1. The summed E-state index contributed by atoms with van der Waals surface area (Å²) in [6.45, 7) is -1.06. The van der Waals surface area contributed by atoms with Gasteiger partial charge in [0.05, 0.1) is 12.9 Å². The summed E-state index contributed by atoms with van der Waals surface area (Å²) in [4.78, 5) is 42.6. The molecule has 0 aliphatic carbocycles. The number of phenolic OH excluding ortho intramolecular Hbond substituents is 1. The Morgan fingerprint density at radius 2 is 2.05 bits per heavy atom. The number of anilines is 1. The van der Waals surface area contributed by atoms with Crippen LogP contribution in [0.4, 0.5) is 5.82 Å². The molecule has 4 aromatic rings. The minimum atomic E-state index is -5.02. The van der Waals surface area contributed by atoms with Crippen LogP contribution in [0.15, 0.2) is 40.3 Å². The fourth-order valence-electron chi connectivity index (χ4n) is 4.14. The maximum Gasteiger partial charge on any atom is 0.529 e. The van der Waals surface area contributed by atoms with Gasteiger partial charge in [-0.3, -0.25) is 14.0 Å². The first-order valence-electron chi connectivity index (χ1n) is 11.6. The van der Waals surface area contributed by atoms with Crippen LogP contribution in [-0.4, -0.2) is 94.2 Å². The molecule has 0 amide bonds. The second-order valence-corrected chi connectivity index (χ2v) is 10.1. The Hall–Kier alpha value is -4.19. The van der Waals surface area contributed by atoms with E-state index in [4.69, 9.17) is 24.1 Å². The summed E-state index contributed by atoms with van der Waals surface area (Å²) in [5, 5.41) is 30.5. The number of aliphatic hydroxyl groups is 2. The van der Waals surface area contributed by atoms with Crippen LogP contribution in [0.3, 0.4) is 0 Å². The molecular weight excluding hydrogens is 557 g/mol. The molecule has 40 heavy (non-hydrogen) atoms. The van der Waals surface area contributed by atoms with Gasteiger partial charge >= 0.3 is 13.8 Å². The minimum Gasteiger partial charge on any atom is -0.508 e. The third-order valence-electron chi connectivity index (χ3n) is 6.08. The van der Waals surface area contributed by atoms with Crippen LogP contribution in [0, 0.1) is 0 Å². The van der Waals surface area contributed by atoms with Gasteiger partial charge in [-0.1, -0.05) is 0 Å². The van der Waals surface area contributed by atoms with E-state index >= 15 is 0 Å². The molecule has 6 N–H and O–H groups in total. The van der Waals surface area contributed by atoms with Crippen molar-refractivity contribution >= 4 is 47.8 Å². The molecule has 2 aliphatic rings. The first kappa shape index (κ1) is 26.1. The molecule has 3 unspecified atom stereocenters. The molecule has 0 saturated carbocycles. The molecular formula is C21H20N7O11P. The summed E-state index contributed by atoms with van der Waals surface area (Å²) in [6.07, 6.45) is -3.07. The van der Waals surface area contributed by atoms with Crippen LogP contribution >= 0.6 is 7.82 Å². The molecule has 3 aromatic heterocycles. The van der Waals surface area contributed by atoms with E-state index in [9.17, 15) is 29.6 Å². The number of phosphoric ester groups is 1. The number of aliphatic hydroxyl groups excluding tert-OH is 2. The summed E-state index contributed by atoms with van der Waals surface area (Å²) in [6, 6.07) is 2.92. The number of phosphoric acid groups is 1. The van der Waals surface area contributed by atoms with Gasteiger partial charge in [0, 0.05) is 6.07 Å². The maximum absolute atomic E-state index is 12.5. The number of oxazole rings is 1. The van der Waals surface area contributed by atoms with Crippen LogP contribution in [0.25, 0.3) is 22.3 Å². The third-order valence-corrected chi connectivity index (χ3v) is 6.97. The minimum absolute atomic E-state index is 0.0415. The molecule has 1 saturated heterocycles. The average Bonchev–Trinajstić information content (AvgIpc) is 3.69. The Morgan fingerprint density at radius 3 is 2.88 bits per heavy atom. The van der Waals surface area contributed by atoms with Gasteiger partial charge < -0.3 is 39.5 Å². The molecule has 5 heterocycles. The van der Waals surface area contributed by atoms with Crippen molar-refractivity contribution in [3.63, 3.8) is 0 Å². The van der Waals surface area contributed by atoms with Gasteiger partial charge in [-0.2, -0.15) is 0 Å². The number of nitrogens with zero attached hydrogens (tertiary/aromatic N) is 6. The summed E-state index contributed by atoms with van der Waals surface area (Å²) < 4.78 is 39.6. The largest absolute Gasteiger partial charge is 0.529 e. The zero-order chi connectivity index (χ0) is 28.2. The molecule has 19 heteroatoms. The van der Waals surface area contributed by atoms with Crippen molar-refractivity contribution in [1.29, 1.82) is 0 Å². The van der Waals surface area contributed by atoms with E-state index in [1.807, 2.05) is 0 Å². The normalized spacial score (nSPS) is 26.1. The van der Waals surface area contributed by atoms with Gasteiger partial charge in [0.2, 0.25) is 0 Å². The van der Waals surface area contributed by atoms with E-state index < -0.39 is 51.0 Å². The highest BCUT2D eigenvalue weighted by molar-refractivity contribution is 7.48. The maximum atomic E-state index is 12.5. The number of hydrogen-bond acceptors (Lipinski definition) is 16.